The zero-order valence-corrected chi connectivity index (χ0v) is 33.6. The number of nitrogens with one attached hydrogen (secondary N) is 6. The molecule has 3 rings (SSSR count). The molecule has 0 aromatic carbocycles. The van der Waals surface area contributed by atoms with E-state index >= 15 is 0 Å². The van der Waals surface area contributed by atoms with Crippen LogP contribution in [0.15, 0.2) is 0 Å². The van der Waals surface area contributed by atoms with Gasteiger partial charge in [-0.1, -0.05) is 78.6 Å². The van der Waals surface area contributed by atoms with Gasteiger partial charge in [0.15, 0.2) is 0 Å². The summed E-state index contributed by atoms with van der Waals surface area (Å²) in [6, 6.07) is -0.597. The quantitative estimate of drug-likeness (QED) is 0.105. The van der Waals surface area contributed by atoms with Crippen molar-refractivity contribution in [3.05, 3.63) is 41.8 Å². The van der Waals surface area contributed by atoms with Crippen molar-refractivity contribution in [2.24, 2.45) is 17.8 Å². The molecule has 0 spiro atoms. The topological polar surface area (TPSA) is 326 Å². The molecular weight excluding hydrogens is 1170 g/mol. The second-order valence-electron chi connectivity index (χ2n) is 10.4. The molecule has 0 radical (unpaired) electrons. The Balaban J connectivity index is -0.0000000762. The molecule has 44 heavy (non-hydrogen) atoms. The summed E-state index contributed by atoms with van der Waals surface area (Å²) in [6.07, 6.45) is 9.10. The van der Waals surface area contributed by atoms with Crippen molar-refractivity contribution < 1.29 is 104 Å². The molecule has 277 valence electrons. The minimum Gasteiger partial charge on any atom is 2.00 e. The van der Waals surface area contributed by atoms with Crippen LogP contribution in [0, 0.1) is 25.2 Å². The summed E-state index contributed by atoms with van der Waals surface area (Å²) in [4.78, 5) is 18.2. The summed E-state index contributed by atoms with van der Waals surface area (Å²) >= 11 is 1.61. The third-order valence-electron chi connectivity index (χ3n) is 6.52. The minimum absolute atomic E-state index is 0. The molecule has 20 heteroatoms. The molecule has 3 aliphatic carbocycles. The van der Waals surface area contributed by atoms with Gasteiger partial charge in [0.1, 0.15) is 0 Å². The Labute approximate surface area is 307 Å². The van der Waals surface area contributed by atoms with E-state index in [0.717, 1.165) is 57.8 Å². The normalized spacial score (nSPS) is 30.1. The third kappa shape index (κ3) is 39.1. The summed E-state index contributed by atoms with van der Waals surface area (Å²) in [5, 5.41) is 14.8. The molecule has 0 aromatic heterocycles. The van der Waals surface area contributed by atoms with E-state index < -0.39 is 22.3 Å². The molecule has 15 nitrogen and oxygen atoms in total. The summed E-state index contributed by atoms with van der Waals surface area (Å²) in [7, 11) is -0.306. The first kappa shape index (κ1) is 60.2. The number of carbonyl (C=O) groups is 2. The van der Waals surface area contributed by atoms with Crippen LogP contribution >= 0.6 is 9.42 Å². The molecule has 3 fully saturated rings. The van der Waals surface area contributed by atoms with Gasteiger partial charge in [-0.2, -0.15) is 36.3 Å². The van der Waals surface area contributed by atoms with E-state index in [-0.39, 0.29) is 91.3 Å². The molecule has 0 aromatic rings. The second-order valence-corrected chi connectivity index (χ2v) is 11.3. The summed E-state index contributed by atoms with van der Waals surface area (Å²) in [6.45, 7) is 6.52. The van der Waals surface area contributed by atoms with Crippen LogP contribution in [0.4, 0.5) is 0 Å². The fourth-order valence-electron chi connectivity index (χ4n) is 4.14. The number of carboxylic acid groups (broad SMARTS) is 2. The van der Waals surface area contributed by atoms with Crippen molar-refractivity contribution in [1.29, 1.82) is 0 Å². The molecule has 0 amide bonds. The molecule has 3 saturated carbocycles. The Kier molecular flexibility index (Phi) is 46.2. The maximum Gasteiger partial charge on any atom is 2.00 e. The predicted octanol–water partition coefficient (Wildman–Crippen LogP) is 6.41. The zero-order valence-electron chi connectivity index (χ0n) is 25.2. The van der Waals surface area contributed by atoms with Crippen LogP contribution in [0.1, 0.15) is 78.6 Å². The Hall–Kier alpha value is 0.885. The Bertz CT molecular complexity index is 723. The van der Waals surface area contributed by atoms with Gasteiger partial charge in [-0.05, 0) is 17.8 Å². The van der Waals surface area contributed by atoms with E-state index in [2.05, 4.69) is 30.2 Å². The monoisotopic (exact) mass is 1220 g/mol. The number of hydrogen-bond acceptors (Lipinski definition) is 5. The van der Waals surface area contributed by atoms with Crippen molar-refractivity contribution in [2.45, 2.75) is 115 Å². The van der Waals surface area contributed by atoms with Crippen molar-refractivity contribution in [3.63, 3.8) is 0 Å². The first-order valence-electron chi connectivity index (χ1n) is 12.8. The molecule has 9 unspecified atom stereocenters. The molecular formula is C24H50ClN6O9Pt3S-4. The molecule has 0 bridgehead atoms. The predicted molar refractivity (Wildman–Crippen MR) is 161 cm³/mol. The van der Waals surface area contributed by atoms with E-state index in [9.17, 15) is 0 Å². The third-order valence-corrected chi connectivity index (χ3v) is 6.52. The largest absolute Gasteiger partial charge is 2.00 e. The molecule has 0 aliphatic heterocycles. The molecule has 0 saturated heterocycles. The maximum absolute atomic E-state index is 9.10. The summed E-state index contributed by atoms with van der Waals surface area (Å²) in [5.74, 6) is -1.58. The first-order chi connectivity index (χ1) is 18.2. The van der Waals surface area contributed by atoms with Crippen LogP contribution in [-0.4, -0.2) is 81.4 Å². The van der Waals surface area contributed by atoms with Crippen LogP contribution in [0.2, 0.25) is 0 Å². The van der Waals surface area contributed by atoms with Crippen LogP contribution < -0.4 is 0 Å². The molecule has 9 atom stereocenters. The molecule has 11 N–H and O–H groups in total. The Morgan fingerprint density at radius 3 is 0.886 bits per heavy atom. The summed E-state index contributed by atoms with van der Waals surface area (Å²) in [5.41, 5.74) is 44.4. The van der Waals surface area contributed by atoms with Gasteiger partial charge in [-0.15, -0.1) is 0 Å². The van der Waals surface area contributed by atoms with Gasteiger partial charge >= 0.3 is 82.3 Å². The minimum atomic E-state index is -4.92. The average Bonchev–Trinajstić information content (AvgIpc) is 2.83. The number of rotatable bonds is 0. The SMILES string of the molecule is CC1CCC([NH-])C([NH-])C1.CC1CCC([NH-])C([NH-])C1.CC1CCC([NH-])C([NH-])C1.O.O=C(O)C(=O)O.O=S(=O)([O-])O.[CH3-].[Cl][Pt].[Pt+2].[Pt+2]. The Morgan fingerprint density at radius 2 is 0.795 bits per heavy atom. The summed E-state index contributed by atoms with van der Waals surface area (Å²) < 4.78 is 32.8. The van der Waals surface area contributed by atoms with Crippen LogP contribution in [0.25, 0.3) is 34.4 Å². The number of aliphatic carboxylic acids is 2. The zero-order chi connectivity index (χ0) is 32.2. The smallest absolute Gasteiger partial charge is 2.00 e. The maximum atomic E-state index is 9.10. The number of carboxylic acids is 2. The van der Waals surface area contributed by atoms with Gasteiger partial charge < -0.3 is 62.1 Å². The fraction of sp³-hybridized carbons (Fsp3) is 0.875. The average molecular weight is 1220 g/mol. The van der Waals surface area contributed by atoms with E-state index in [1.165, 1.54) is 0 Å². The van der Waals surface area contributed by atoms with E-state index in [0.29, 0.717) is 17.8 Å². The van der Waals surface area contributed by atoms with E-state index in [4.69, 9.17) is 71.7 Å². The van der Waals surface area contributed by atoms with Gasteiger partial charge in [-0.3, -0.25) is 4.55 Å². The van der Waals surface area contributed by atoms with Gasteiger partial charge in [0.05, 0.1) is 0 Å². The first-order valence-corrected chi connectivity index (χ1v) is 17.0. The second kappa shape index (κ2) is 33.8. The van der Waals surface area contributed by atoms with E-state index in [1.807, 2.05) is 0 Å². The van der Waals surface area contributed by atoms with Crippen molar-refractivity contribution in [2.75, 3.05) is 0 Å². The standard InChI is InChI=1S/3C7H14N2.C2H2O4.CH3.ClH.H2O4S.H2O.3Pt/c3*1-5-2-3-6(8)7(9)4-5;3-1(4)2(5)6;;;1-5(2,3)4;;;;/h3*5-9H,2-4H2,1H3;(H,3,4)(H,5,6);1H3;1H;(H2,1,2,3,4);1H2;;;/q3*-2;;-1;;;;+1;2*+2/p-2. The fourth-order valence-corrected chi connectivity index (χ4v) is 4.14. The van der Waals surface area contributed by atoms with E-state index in [1.54, 1.807) is 18.8 Å². The van der Waals surface area contributed by atoms with Crippen LogP contribution in [-0.2, 0) is 80.9 Å². The number of halogens is 1. The Morgan fingerprint density at radius 1 is 0.636 bits per heavy atom. The number of hydrogen-bond donors (Lipinski definition) is 3. The molecule has 0 heterocycles. The van der Waals surface area contributed by atoms with Gasteiger partial charge in [0, 0.05) is 0 Å². The van der Waals surface area contributed by atoms with Gasteiger partial charge in [0.25, 0.3) is 0 Å². The van der Waals surface area contributed by atoms with Crippen LogP contribution in [0.3, 0.4) is 0 Å². The van der Waals surface area contributed by atoms with Crippen molar-refractivity contribution >= 4 is 31.8 Å². The van der Waals surface area contributed by atoms with Crippen LogP contribution in [0.5, 0.6) is 0 Å². The van der Waals surface area contributed by atoms with Gasteiger partial charge in [-0.25, -0.2) is 18.0 Å². The van der Waals surface area contributed by atoms with Crippen molar-refractivity contribution in [1.82, 2.24) is 0 Å². The van der Waals surface area contributed by atoms with Gasteiger partial charge in [0.2, 0.25) is 10.4 Å². The van der Waals surface area contributed by atoms with Crippen molar-refractivity contribution in [3.8, 4) is 0 Å². The molecule has 3 aliphatic rings.